The predicted octanol–water partition coefficient (Wildman–Crippen LogP) is 3.46. The Bertz CT molecular complexity index is 735. The number of aromatic nitrogens is 2. The molecule has 144 valence electrons. The summed E-state index contributed by atoms with van der Waals surface area (Å²) in [5.41, 5.74) is 1.21. The minimum atomic E-state index is -0.404. The zero-order valence-electron chi connectivity index (χ0n) is 15.5. The molecule has 0 aliphatic carbocycles. The highest BCUT2D eigenvalue weighted by Gasteiger charge is 2.45. The van der Waals surface area contributed by atoms with Crippen LogP contribution in [0.4, 0.5) is 4.39 Å². The van der Waals surface area contributed by atoms with E-state index in [1.807, 2.05) is 18.5 Å². The van der Waals surface area contributed by atoms with Crippen molar-refractivity contribution in [1.29, 1.82) is 0 Å². The largest absolute Gasteiger partial charge is 0.476 e. The van der Waals surface area contributed by atoms with Crippen molar-refractivity contribution in [1.82, 2.24) is 14.9 Å². The van der Waals surface area contributed by atoms with Crippen molar-refractivity contribution < 1.29 is 13.9 Å². The van der Waals surface area contributed by atoms with E-state index in [9.17, 15) is 4.39 Å². The van der Waals surface area contributed by atoms with E-state index in [2.05, 4.69) is 20.9 Å². The fourth-order valence-corrected chi connectivity index (χ4v) is 4.36. The summed E-state index contributed by atoms with van der Waals surface area (Å²) in [6.07, 6.45) is 9.30. The second-order valence-electron chi connectivity index (χ2n) is 7.46. The molecule has 0 amide bonds. The van der Waals surface area contributed by atoms with Crippen LogP contribution in [0, 0.1) is 11.7 Å². The third-order valence-electron chi connectivity index (χ3n) is 5.86. The zero-order valence-corrected chi connectivity index (χ0v) is 15.5. The van der Waals surface area contributed by atoms with Crippen molar-refractivity contribution in [3.63, 3.8) is 0 Å². The fraction of sp³-hybridized carbons (Fsp3) is 0.524. The summed E-state index contributed by atoms with van der Waals surface area (Å²) in [6.45, 7) is 4.28. The van der Waals surface area contributed by atoms with E-state index >= 15 is 0 Å². The Kier molecular flexibility index (Phi) is 5.64. The maximum Gasteiger partial charge on any atom is 0.250 e. The van der Waals surface area contributed by atoms with Gasteiger partial charge in [0.2, 0.25) is 5.88 Å². The van der Waals surface area contributed by atoms with Crippen LogP contribution in [0.3, 0.4) is 0 Å². The molecule has 0 bridgehead atoms. The molecule has 0 N–H and O–H groups in total. The van der Waals surface area contributed by atoms with Gasteiger partial charge in [0.15, 0.2) is 5.82 Å². The van der Waals surface area contributed by atoms with Gasteiger partial charge in [-0.25, -0.2) is 9.37 Å². The summed E-state index contributed by atoms with van der Waals surface area (Å²) >= 11 is 0. The number of hydrogen-bond acceptors (Lipinski definition) is 5. The van der Waals surface area contributed by atoms with E-state index in [-0.39, 0.29) is 11.5 Å². The Balaban J connectivity index is 1.29. The number of rotatable bonds is 6. The second-order valence-corrected chi connectivity index (χ2v) is 7.46. The van der Waals surface area contributed by atoms with Gasteiger partial charge in [0.05, 0.1) is 12.2 Å². The van der Waals surface area contributed by atoms with Crippen LogP contribution < -0.4 is 4.74 Å². The van der Waals surface area contributed by atoms with E-state index < -0.39 is 5.82 Å². The molecular formula is C21H26FN3O2. The van der Waals surface area contributed by atoms with Crippen molar-refractivity contribution >= 4 is 0 Å². The molecule has 1 spiro atoms. The Labute approximate surface area is 159 Å². The molecule has 2 aliphatic heterocycles. The SMILES string of the molecule is Fc1cccnc1OCCC1CCOC12CCN(Cc1cccnc1)CC2. The maximum atomic E-state index is 13.6. The van der Waals surface area contributed by atoms with Crippen LogP contribution in [0.25, 0.3) is 0 Å². The molecule has 27 heavy (non-hydrogen) atoms. The van der Waals surface area contributed by atoms with Crippen molar-refractivity contribution in [3.05, 3.63) is 54.2 Å². The summed E-state index contributed by atoms with van der Waals surface area (Å²) in [5.74, 6) is 0.153. The van der Waals surface area contributed by atoms with Gasteiger partial charge in [-0.05, 0) is 55.4 Å². The molecule has 2 fully saturated rings. The summed E-state index contributed by atoms with van der Waals surface area (Å²) in [4.78, 5) is 10.6. The van der Waals surface area contributed by atoms with E-state index in [0.29, 0.717) is 12.5 Å². The molecule has 2 aliphatic rings. The third kappa shape index (κ3) is 4.28. The van der Waals surface area contributed by atoms with Gasteiger partial charge in [-0.15, -0.1) is 0 Å². The van der Waals surface area contributed by atoms with Crippen LogP contribution in [0.15, 0.2) is 42.9 Å². The van der Waals surface area contributed by atoms with Gasteiger partial charge < -0.3 is 9.47 Å². The minimum Gasteiger partial charge on any atom is -0.476 e. The third-order valence-corrected chi connectivity index (χ3v) is 5.86. The average molecular weight is 371 g/mol. The van der Waals surface area contributed by atoms with E-state index in [1.165, 1.54) is 11.6 Å². The topological polar surface area (TPSA) is 47.5 Å². The quantitative estimate of drug-likeness (QED) is 0.778. The minimum absolute atomic E-state index is 0.0442. The van der Waals surface area contributed by atoms with Crippen LogP contribution in [-0.2, 0) is 11.3 Å². The summed E-state index contributed by atoms with van der Waals surface area (Å²) in [6, 6.07) is 7.06. The van der Waals surface area contributed by atoms with Gasteiger partial charge in [-0.3, -0.25) is 9.88 Å². The molecular weight excluding hydrogens is 345 g/mol. The maximum absolute atomic E-state index is 13.6. The number of halogens is 1. The molecule has 1 unspecified atom stereocenters. The molecule has 2 aromatic rings. The monoisotopic (exact) mass is 371 g/mol. The van der Waals surface area contributed by atoms with Gasteiger partial charge in [-0.1, -0.05) is 6.07 Å². The molecule has 4 rings (SSSR count). The molecule has 0 radical (unpaired) electrons. The first-order chi connectivity index (χ1) is 13.3. The first-order valence-electron chi connectivity index (χ1n) is 9.74. The van der Waals surface area contributed by atoms with E-state index in [4.69, 9.17) is 9.47 Å². The Morgan fingerprint density at radius 2 is 2.07 bits per heavy atom. The van der Waals surface area contributed by atoms with Crippen molar-refractivity contribution in [2.24, 2.45) is 5.92 Å². The Morgan fingerprint density at radius 1 is 1.22 bits per heavy atom. The Hall–Kier alpha value is -2.05. The van der Waals surface area contributed by atoms with Crippen LogP contribution in [0.2, 0.25) is 0 Å². The van der Waals surface area contributed by atoms with Crippen molar-refractivity contribution in [2.45, 2.75) is 37.8 Å². The number of nitrogens with zero attached hydrogens (tertiary/aromatic N) is 3. The Morgan fingerprint density at radius 3 is 2.85 bits per heavy atom. The molecule has 4 heterocycles. The van der Waals surface area contributed by atoms with Gasteiger partial charge >= 0.3 is 0 Å². The summed E-state index contributed by atoms with van der Waals surface area (Å²) < 4.78 is 25.4. The first kappa shape index (κ1) is 18.3. The standard InChI is InChI=1S/C21H26FN3O2/c22-19-4-2-10-24-20(19)26-13-5-18-6-14-27-21(18)7-11-25(12-8-21)16-17-3-1-9-23-15-17/h1-4,9-10,15,18H,5-8,11-14,16H2. The molecule has 1 atom stereocenters. The summed E-state index contributed by atoms with van der Waals surface area (Å²) in [5, 5.41) is 0. The molecule has 6 heteroatoms. The lowest BCUT2D eigenvalue weighted by atomic mass is 9.78. The van der Waals surface area contributed by atoms with Crippen molar-refractivity contribution in [3.8, 4) is 5.88 Å². The normalized spacial score (nSPS) is 22.2. The number of ether oxygens (including phenoxy) is 2. The fourth-order valence-electron chi connectivity index (χ4n) is 4.36. The van der Waals surface area contributed by atoms with E-state index in [0.717, 1.165) is 51.9 Å². The highest BCUT2D eigenvalue weighted by molar-refractivity contribution is 5.13. The number of likely N-dealkylation sites (tertiary alicyclic amines) is 1. The first-order valence-corrected chi connectivity index (χ1v) is 9.74. The van der Waals surface area contributed by atoms with Crippen LogP contribution in [0.1, 0.15) is 31.2 Å². The zero-order chi connectivity index (χ0) is 18.5. The van der Waals surface area contributed by atoms with Gasteiger partial charge in [0.1, 0.15) is 0 Å². The lowest BCUT2D eigenvalue weighted by molar-refractivity contribution is -0.0709. The van der Waals surface area contributed by atoms with Crippen LogP contribution >= 0.6 is 0 Å². The van der Waals surface area contributed by atoms with Crippen LogP contribution in [0.5, 0.6) is 5.88 Å². The van der Waals surface area contributed by atoms with Gasteiger partial charge in [0.25, 0.3) is 0 Å². The predicted molar refractivity (Wildman–Crippen MR) is 99.8 cm³/mol. The molecule has 5 nitrogen and oxygen atoms in total. The van der Waals surface area contributed by atoms with E-state index in [1.54, 1.807) is 12.3 Å². The molecule has 0 saturated carbocycles. The lowest BCUT2D eigenvalue weighted by Crippen LogP contribution is -2.47. The summed E-state index contributed by atoms with van der Waals surface area (Å²) in [7, 11) is 0. The number of hydrogen-bond donors (Lipinski definition) is 0. The number of pyridine rings is 2. The van der Waals surface area contributed by atoms with Gasteiger partial charge in [0, 0.05) is 44.8 Å². The molecule has 2 aromatic heterocycles. The lowest BCUT2D eigenvalue weighted by Gasteiger charge is -2.42. The second kappa shape index (κ2) is 8.31. The average Bonchev–Trinajstić information content (AvgIpc) is 3.08. The van der Waals surface area contributed by atoms with Gasteiger partial charge in [-0.2, -0.15) is 0 Å². The molecule has 2 saturated heterocycles. The highest BCUT2D eigenvalue weighted by Crippen LogP contribution is 2.42. The molecule has 0 aromatic carbocycles. The highest BCUT2D eigenvalue weighted by atomic mass is 19.1. The smallest absolute Gasteiger partial charge is 0.250 e. The van der Waals surface area contributed by atoms with Crippen LogP contribution in [-0.4, -0.2) is 46.8 Å². The number of piperidine rings is 1. The van der Waals surface area contributed by atoms with Crippen molar-refractivity contribution in [2.75, 3.05) is 26.3 Å².